The Hall–Kier alpha value is -2.15. The van der Waals surface area contributed by atoms with Crippen molar-refractivity contribution in [2.75, 3.05) is 26.2 Å². The maximum atomic E-state index is 11.7. The van der Waals surface area contributed by atoms with E-state index in [0.29, 0.717) is 12.2 Å². The van der Waals surface area contributed by atoms with Gasteiger partial charge in [0.2, 0.25) is 0 Å². The van der Waals surface area contributed by atoms with E-state index in [9.17, 15) is 9.90 Å². The number of carbonyl (C=O) groups is 1. The second-order valence-corrected chi connectivity index (χ2v) is 6.01. The molecule has 0 aliphatic heterocycles. The number of furan rings is 1. The van der Waals surface area contributed by atoms with Crippen molar-refractivity contribution >= 4 is 5.97 Å². The topological polar surface area (TPSA) is 92.9 Å². The van der Waals surface area contributed by atoms with Gasteiger partial charge in [-0.05, 0) is 38.1 Å². The van der Waals surface area contributed by atoms with Crippen molar-refractivity contribution in [3.8, 4) is 11.3 Å². The first-order chi connectivity index (χ1) is 12.1. The molecule has 0 radical (unpaired) electrons. The fourth-order valence-corrected chi connectivity index (χ4v) is 2.47. The first-order valence-corrected chi connectivity index (χ1v) is 8.77. The average molecular weight is 348 g/mol. The zero-order valence-corrected chi connectivity index (χ0v) is 14.9. The van der Waals surface area contributed by atoms with Gasteiger partial charge in [-0.15, -0.1) is 0 Å². The highest BCUT2D eigenvalue weighted by atomic mass is 16.5. The summed E-state index contributed by atoms with van der Waals surface area (Å²) in [5.41, 5.74) is 1.48. The molecule has 25 heavy (non-hydrogen) atoms. The summed E-state index contributed by atoms with van der Waals surface area (Å²) in [6.07, 6.45) is -0.261. The van der Waals surface area contributed by atoms with Crippen molar-refractivity contribution in [3.05, 3.63) is 47.7 Å². The quantitative estimate of drug-likeness (QED) is 0.420. The van der Waals surface area contributed by atoms with Crippen LogP contribution in [0.15, 0.2) is 40.8 Å². The maximum absolute atomic E-state index is 11.7. The number of ether oxygens (including phenoxy) is 1. The molecule has 0 saturated heterocycles. The van der Waals surface area contributed by atoms with Crippen molar-refractivity contribution in [1.82, 2.24) is 0 Å². The molecule has 136 valence electrons. The number of quaternary nitrogens is 2. The molecule has 0 unspecified atom stereocenters. The van der Waals surface area contributed by atoms with E-state index in [-0.39, 0.29) is 12.1 Å². The zero-order valence-electron chi connectivity index (χ0n) is 14.9. The Morgan fingerprint density at radius 3 is 2.56 bits per heavy atom. The SMILES string of the molecule is CCOC(=O)c1ccc(-c2ccc(C[NH2+]CC[NH2+]C[C@H](C)O)o2)cc1. The molecule has 0 saturated carbocycles. The molecule has 1 atom stereocenters. The van der Waals surface area contributed by atoms with Gasteiger partial charge in [0.15, 0.2) is 5.76 Å². The second-order valence-electron chi connectivity index (χ2n) is 6.01. The lowest BCUT2D eigenvalue weighted by atomic mass is 10.1. The standard InChI is InChI=1S/C19H26N2O4/c1-3-24-19(23)16-6-4-15(5-7-16)18-9-8-17(25-18)13-21-11-10-20-12-14(2)22/h4-9,14,20-22H,3,10-13H2,1-2H3/p+2/t14-/m0/s1. The van der Waals surface area contributed by atoms with E-state index in [0.717, 1.165) is 43.3 Å². The third kappa shape index (κ3) is 6.34. The summed E-state index contributed by atoms with van der Waals surface area (Å²) in [5, 5.41) is 13.5. The highest BCUT2D eigenvalue weighted by Crippen LogP contribution is 2.22. The Labute approximate surface area is 148 Å². The summed E-state index contributed by atoms with van der Waals surface area (Å²) in [6.45, 7) is 7.41. The number of benzene rings is 1. The summed E-state index contributed by atoms with van der Waals surface area (Å²) in [6, 6.07) is 11.2. The molecule has 6 nitrogen and oxygen atoms in total. The van der Waals surface area contributed by atoms with E-state index in [1.54, 1.807) is 26.0 Å². The largest absolute Gasteiger partial charge is 0.462 e. The number of aliphatic hydroxyl groups excluding tert-OH is 1. The monoisotopic (exact) mass is 348 g/mol. The van der Waals surface area contributed by atoms with Gasteiger partial charge in [-0.2, -0.15) is 0 Å². The minimum atomic E-state index is -0.309. The minimum Gasteiger partial charge on any atom is -0.462 e. The van der Waals surface area contributed by atoms with Crippen molar-refractivity contribution in [3.63, 3.8) is 0 Å². The molecule has 0 aliphatic carbocycles. The Morgan fingerprint density at radius 2 is 1.88 bits per heavy atom. The summed E-state index contributed by atoms with van der Waals surface area (Å²) in [4.78, 5) is 11.7. The Morgan fingerprint density at radius 1 is 1.16 bits per heavy atom. The number of carbonyl (C=O) groups excluding carboxylic acids is 1. The van der Waals surface area contributed by atoms with Gasteiger partial charge in [-0.25, -0.2) is 4.79 Å². The first kappa shape index (κ1) is 19.2. The van der Waals surface area contributed by atoms with E-state index in [2.05, 4.69) is 10.6 Å². The number of hydrogen-bond acceptors (Lipinski definition) is 4. The van der Waals surface area contributed by atoms with E-state index >= 15 is 0 Å². The van der Waals surface area contributed by atoms with Gasteiger partial charge in [-0.1, -0.05) is 12.1 Å². The van der Waals surface area contributed by atoms with Crippen LogP contribution in [0.2, 0.25) is 0 Å². The lowest BCUT2D eigenvalue weighted by Gasteiger charge is -2.03. The first-order valence-electron chi connectivity index (χ1n) is 8.77. The van der Waals surface area contributed by atoms with E-state index in [4.69, 9.17) is 9.15 Å². The molecule has 0 amide bonds. The van der Waals surface area contributed by atoms with Gasteiger partial charge in [0, 0.05) is 5.56 Å². The van der Waals surface area contributed by atoms with Gasteiger partial charge < -0.3 is 24.9 Å². The molecular weight excluding hydrogens is 320 g/mol. The Kier molecular flexibility index (Phi) is 7.66. The van der Waals surface area contributed by atoms with Crippen LogP contribution < -0.4 is 10.6 Å². The minimum absolute atomic E-state index is 0.261. The molecule has 2 aromatic rings. The third-order valence-corrected chi connectivity index (χ3v) is 3.77. The predicted molar refractivity (Wildman–Crippen MR) is 93.9 cm³/mol. The van der Waals surface area contributed by atoms with Crippen molar-refractivity contribution in [2.45, 2.75) is 26.5 Å². The number of rotatable bonds is 10. The lowest BCUT2D eigenvalue weighted by Crippen LogP contribution is -2.95. The van der Waals surface area contributed by atoms with E-state index < -0.39 is 0 Å². The summed E-state index contributed by atoms with van der Waals surface area (Å²) in [7, 11) is 0. The zero-order chi connectivity index (χ0) is 18.1. The summed E-state index contributed by atoms with van der Waals surface area (Å²) >= 11 is 0. The molecule has 1 heterocycles. The van der Waals surface area contributed by atoms with Crippen LogP contribution in [0, 0.1) is 0 Å². The van der Waals surface area contributed by atoms with Crippen LogP contribution >= 0.6 is 0 Å². The normalized spacial score (nSPS) is 12.1. The number of nitrogens with two attached hydrogens (primary N) is 2. The van der Waals surface area contributed by atoms with Crippen LogP contribution in [-0.2, 0) is 11.3 Å². The van der Waals surface area contributed by atoms with Gasteiger partial charge in [0.1, 0.15) is 31.9 Å². The molecule has 0 spiro atoms. The van der Waals surface area contributed by atoms with Crippen LogP contribution in [0.25, 0.3) is 11.3 Å². The fourth-order valence-electron chi connectivity index (χ4n) is 2.47. The molecule has 1 aromatic heterocycles. The molecule has 2 rings (SSSR count). The lowest BCUT2D eigenvalue weighted by molar-refractivity contribution is -0.733. The Balaban J connectivity index is 1.81. The van der Waals surface area contributed by atoms with E-state index in [1.807, 2.05) is 24.3 Å². The van der Waals surface area contributed by atoms with Gasteiger partial charge >= 0.3 is 5.97 Å². The van der Waals surface area contributed by atoms with Crippen molar-refractivity contribution < 1.29 is 29.7 Å². The predicted octanol–water partition coefficient (Wildman–Crippen LogP) is 0.131. The molecule has 0 aliphatic rings. The molecule has 5 N–H and O–H groups in total. The molecular formula is C19H28N2O4+2. The third-order valence-electron chi connectivity index (χ3n) is 3.77. The molecule has 6 heteroatoms. The van der Waals surface area contributed by atoms with E-state index in [1.165, 1.54) is 0 Å². The van der Waals surface area contributed by atoms with Crippen LogP contribution in [-0.4, -0.2) is 43.4 Å². The smallest absolute Gasteiger partial charge is 0.338 e. The van der Waals surface area contributed by atoms with Gasteiger partial charge in [0.25, 0.3) is 0 Å². The average Bonchev–Trinajstić information content (AvgIpc) is 3.07. The molecule has 0 fully saturated rings. The number of esters is 1. The van der Waals surface area contributed by atoms with Crippen LogP contribution in [0.1, 0.15) is 30.0 Å². The Bertz CT molecular complexity index is 650. The second kappa shape index (κ2) is 9.98. The summed E-state index contributed by atoms with van der Waals surface area (Å²) < 4.78 is 10.8. The summed E-state index contributed by atoms with van der Waals surface area (Å²) in [5.74, 6) is 1.40. The fraction of sp³-hybridized carbons (Fsp3) is 0.421. The van der Waals surface area contributed by atoms with Crippen LogP contribution in [0.4, 0.5) is 0 Å². The van der Waals surface area contributed by atoms with Gasteiger partial charge in [0.05, 0.1) is 18.3 Å². The van der Waals surface area contributed by atoms with Crippen LogP contribution in [0.5, 0.6) is 0 Å². The highest BCUT2D eigenvalue weighted by Gasteiger charge is 2.09. The maximum Gasteiger partial charge on any atom is 0.338 e. The van der Waals surface area contributed by atoms with Gasteiger partial charge in [-0.3, -0.25) is 0 Å². The van der Waals surface area contributed by atoms with Crippen molar-refractivity contribution in [1.29, 1.82) is 0 Å². The van der Waals surface area contributed by atoms with Crippen LogP contribution in [0.3, 0.4) is 0 Å². The number of hydrogen-bond donors (Lipinski definition) is 3. The molecule has 0 bridgehead atoms. The highest BCUT2D eigenvalue weighted by molar-refractivity contribution is 5.89. The number of aliphatic hydroxyl groups is 1. The molecule has 1 aromatic carbocycles. The van der Waals surface area contributed by atoms with Crippen molar-refractivity contribution in [2.24, 2.45) is 0 Å².